The Labute approximate surface area is 214 Å². The van der Waals surface area contributed by atoms with Gasteiger partial charge in [-0.3, -0.25) is 4.79 Å². The maximum atomic E-state index is 13.2. The SMILES string of the molecule is CCCc1nc2ccc(Br)cc2c(=O)n1N=Cc1cc(Cl)ccc1OCc1ccc(C(=O)O)cc1. The fourth-order valence-electron chi connectivity index (χ4n) is 3.48. The van der Waals surface area contributed by atoms with Gasteiger partial charge in [0.1, 0.15) is 18.2 Å². The highest BCUT2D eigenvalue weighted by Crippen LogP contribution is 2.23. The molecule has 0 aliphatic carbocycles. The normalized spacial score (nSPS) is 11.3. The number of ether oxygens (including phenoxy) is 1. The molecule has 0 amide bonds. The van der Waals surface area contributed by atoms with Crippen LogP contribution >= 0.6 is 27.5 Å². The second-order valence-corrected chi connectivity index (χ2v) is 9.13. The van der Waals surface area contributed by atoms with E-state index in [4.69, 9.17) is 21.4 Å². The van der Waals surface area contributed by atoms with Gasteiger partial charge in [-0.1, -0.05) is 46.6 Å². The number of hydrogen-bond donors (Lipinski definition) is 1. The third-order valence-electron chi connectivity index (χ3n) is 5.23. The van der Waals surface area contributed by atoms with Crippen LogP contribution in [0.3, 0.4) is 0 Å². The van der Waals surface area contributed by atoms with Crippen molar-refractivity contribution in [2.45, 2.75) is 26.4 Å². The Kier molecular flexibility index (Phi) is 7.63. The molecule has 0 unspecified atom stereocenters. The first-order chi connectivity index (χ1) is 16.9. The Morgan fingerprint density at radius 2 is 1.94 bits per heavy atom. The predicted octanol–water partition coefficient (Wildman–Crippen LogP) is 5.92. The number of fused-ring (bicyclic) bond motifs is 1. The zero-order valence-electron chi connectivity index (χ0n) is 18.7. The highest BCUT2D eigenvalue weighted by atomic mass is 79.9. The molecule has 0 spiro atoms. The number of benzene rings is 3. The average Bonchev–Trinajstić information content (AvgIpc) is 2.84. The molecule has 0 radical (unpaired) electrons. The van der Waals surface area contributed by atoms with E-state index in [1.54, 1.807) is 42.5 Å². The van der Waals surface area contributed by atoms with Gasteiger partial charge in [0, 0.05) is 21.5 Å². The lowest BCUT2D eigenvalue weighted by molar-refractivity contribution is 0.0697. The molecule has 9 heteroatoms. The minimum Gasteiger partial charge on any atom is -0.488 e. The molecule has 0 aliphatic heterocycles. The molecule has 0 bridgehead atoms. The molecule has 178 valence electrons. The van der Waals surface area contributed by atoms with Gasteiger partial charge in [0.15, 0.2) is 0 Å². The number of aromatic carboxylic acids is 1. The van der Waals surface area contributed by atoms with Crippen LogP contribution < -0.4 is 10.3 Å². The number of carbonyl (C=O) groups is 1. The summed E-state index contributed by atoms with van der Waals surface area (Å²) < 4.78 is 8.05. The Morgan fingerprint density at radius 3 is 2.66 bits per heavy atom. The molecule has 4 rings (SSSR count). The van der Waals surface area contributed by atoms with E-state index in [-0.39, 0.29) is 17.7 Å². The Morgan fingerprint density at radius 1 is 1.17 bits per heavy atom. The largest absolute Gasteiger partial charge is 0.488 e. The highest BCUT2D eigenvalue weighted by molar-refractivity contribution is 9.10. The first-order valence-electron chi connectivity index (χ1n) is 10.9. The molecule has 3 aromatic carbocycles. The van der Waals surface area contributed by atoms with Crippen molar-refractivity contribution in [1.29, 1.82) is 0 Å². The standard InChI is InChI=1S/C26H21BrClN3O4/c1-2-3-24-30-22-10-8-19(27)13-21(22)25(32)31(24)29-14-18-12-20(28)9-11-23(18)35-15-16-4-6-17(7-5-16)26(33)34/h4-14H,2-3,15H2,1H3,(H,33,34). The Balaban J connectivity index is 1.66. The molecule has 4 aromatic rings. The van der Waals surface area contributed by atoms with Gasteiger partial charge >= 0.3 is 5.97 Å². The van der Waals surface area contributed by atoms with Crippen LogP contribution in [-0.4, -0.2) is 27.0 Å². The van der Waals surface area contributed by atoms with Crippen molar-refractivity contribution in [2.24, 2.45) is 5.10 Å². The van der Waals surface area contributed by atoms with Crippen LogP contribution in [0, 0.1) is 0 Å². The molecule has 0 fully saturated rings. The van der Waals surface area contributed by atoms with Gasteiger partial charge in [-0.15, -0.1) is 0 Å². The van der Waals surface area contributed by atoms with Crippen LogP contribution in [0.25, 0.3) is 10.9 Å². The molecule has 1 aromatic heterocycles. The van der Waals surface area contributed by atoms with Crippen LogP contribution in [0.15, 0.2) is 75.0 Å². The van der Waals surface area contributed by atoms with Crippen molar-refractivity contribution >= 4 is 50.6 Å². The second kappa shape index (κ2) is 10.8. The molecule has 1 heterocycles. The third kappa shape index (κ3) is 5.78. The van der Waals surface area contributed by atoms with Crippen molar-refractivity contribution in [3.05, 3.63) is 103 Å². The van der Waals surface area contributed by atoms with Crippen molar-refractivity contribution in [3.8, 4) is 5.75 Å². The summed E-state index contributed by atoms with van der Waals surface area (Å²) in [7, 11) is 0. The molecule has 1 N–H and O–H groups in total. The summed E-state index contributed by atoms with van der Waals surface area (Å²) in [6, 6.07) is 17.0. The fourth-order valence-corrected chi connectivity index (χ4v) is 4.02. The van der Waals surface area contributed by atoms with E-state index in [1.165, 1.54) is 23.0 Å². The second-order valence-electron chi connectivity index (χ2n) is 7.77. The maximum absolute atomic E-state index is 13.2. The number of aryl methyl sites for hydroxylation is 1. The summed E-state index contributed by atoms with van der Waals surface area (Å²) in [4.78, 5) is 28.9. The zero-order chi connectivity index (χ0) is 24.9. The summed E-state index contributed by atoms with van der Waals surface area (Å²) in [5.41, 5.74) is 1.95. The predicted molar refractivity (Wildman–Crippen MR) is 140 cm³/mol. The van der Waals surface area contributed by atoms with Crippen LogP contribution in [-0.2, 0) is 13.0 Å². The first kappa shape index (κ1) is 24.6. The van der Waals surface area contributed by atoms with E-state index in [9.17, 15) is 9.59 Å². The lowest BCUT2D eigenvalue weighted by Gasteiger charge is -2.11. The van der Waals surface area contributed by atoms with Gasteiger partial charge < -0.3 is 9.84 Å². The van der Waals surface area contributed by atoms with Gasteiger partial charge in [-0.2, -0.15) is 9.78 Å². The third-order valence-corrected chi connectivity index (χ3v) is 5.96. The van der Waals surface area contributed by atoms with E-state index in [2.05, 4.69) is 26.0 Å². The zero-order valence-corrected chi connectivity index (χ0v) is 21.1. The maximum Gasteiger partial charge on any atom is 0.335 e. The van der Waals surface area contributed by atoms with E-state index in [1.807, 2.05) is 13.0 Å². The molecule has 0 saturated heterocycles. The topological polar surface area (TPSA) is 93.8 Å². The molecule has 35 heavy (non-hydrogen) atoms. The van der Waals surface area contributed by atoms with Gasteiger partial charge in [0.25, 0.3) is 5.56 Å². The van der Waals surface area contributed by atoms with Crippen molar-refractivity contribution in [3.63, 3.8) is 0 Å². The number of aromatic nitrogens is 2. The molecule has 7 nitrogen and oxygen atoms in total. The quantitative estimate of drug-likeness (QED) is 0.273. The lowest BCUT2D eigenvalue weighted by atomic mass is 10.1. The number of hydrogen-bond acceptors (Lipinski definition) is 5. The molecular formula is C26H21BrClN3O4. The average molecular weight is 555 g/mol. The fraction of sp³-hybridized carbons (Fsp3) is 0.154. The van der Waals surface area contributed by atoms with Crippen molar-refractivity contribution in [1.82, 2.24) is 9.66 Å². The lowest BCUT2D eigenvalue weighted by Crippen LogP contribution is -2.22. The minimum atomic E-state index is -0.984. The van der Waals surface area contributed by atoms with Crippen LogP contribution in [0.1, 0.15) is 40.7 Å². The first-order valence-corrected chi connectivity index (χ1v) is 12.0. The van der Waals surface area contributed by atoms with Gasteiger partial charge in [-0.25, -0.2) is 9.78 Å². The van der Waals surface area contributed by atoms with Gasteiger partial charge in [-0.05, 0) is 60.5 Å². The Hall–Kier alpha value is -3.49. The van der Waals surface area contributed by atoms with E-state index < -0.39 is 5.97 Å². The number of carboxylic acids is 1. The molecule has 0 atom stereocenters. The molecule has 0 saturated carbocycles. The summed E-state index contributed by atoms with van der Waals surface area (Å²) in [6.45, 7) is 2.23. The molecular weight excluding hydrogens is 534 g/mol. The van der Waals surface area contributed by atoms with Crippen molar-refractivity contribution in [2.75, 3.05) is 0 Å². The van der Waals surface area contributed by atoms with Gasteiger partial charge in [0.2, 0.25) is 0 Å². The van der Waals surface area contributed by atoms with E-state index in [0.717, 1.165) is 16.5 Å². The number of carboxylic acid groups (broad SMARTS) is 1. The summed E-state index contributed by atoms with van der Waals surface area (Å²) in [5, 5.41) is 14.5. The highest BCUT2D eigenvalue weighted by Gasteiger charge is 2.11. The minimum absolute atomic E-state index is 0.206. The van der Waals surface area contributed by atoms with Crippen molar-refractivity contribution < 1.29 is 14.6 Å². The summed E-state index contributed by atoms with van der Waals surface area (Å²) in [5.74, 6) is 0.0931. The summed E-state index contributed by atoms with van der Waals surface area (Å²) in [6.07, 6.45) is 2.92. The number of halogens is 2. The van der Waals surface area contributed by atoms with Crippen LogP contribution in [0.4, 0.5) is 0 Å². The Bertz CT molecular complexity index is 1480. The number of rotatable bonds is 8. The number of nitrogens with zero attached hydrogens (tertiary/aromatic N) is 3. The van der Waals surface area contributed by atoms with E-state index in [0.29, 0.717) is 39.5 Å². The van der Waals surface area contributed by atoms with Gasteiger partial charge in [0.05, 0.1) is 22.7 Å². The smallest absolute Gasteiger partial charge is 0.335 e. The van der Waals surface area contributed by atoms with Crippen LogP contribution in [0.2, 0.25) is 5.02 Å². The molecule has 0 aliphatic rings. The summed E-state index contributed by atoms with van der Waals surface area (Å²) >= 11 is 9.62. The van der Waals surface area contributed by atoms with E-state index >= 15 is 0 Å². The van der Waals surface area contributed by atoms with Crippen LogP contribution in [0.5, 0.6) is 5.75 Å². The monoisotopic (exact) mass is 553 g/mol.